The zero-order chi connectivity index (χ0) is 17.9. The van der Waals surface area contributed by atoms with Gasteiger partial charge in [-0.05, 0) is 55.8 Å². The fourth-order valence-electron chi connectivity index (χ4n) is 2.35. The quantitative estimate of drug-likeness (QED) is 0.881. The highest BCUT2D eigenvalue weighted by Crippen LogP contribution is 2.23. The number of nitrogens with zero attached hydrogens (tertiary/aromatic N) is 1. The van der Waals surface area contributed by atoms with Crippen molar-refractivity contribution >= 4 is 38.9 Å². The van der Waals surface area contributed by atoms with E-state index in [0.717, 1.165) is 16.1 Å². The van der Waals surface area contributed by atoms with Crippen LogP contribution in [0.2, 0.25) is 5.02 Å². The number of hydrogen-bond donors (Lipinski definition) is 1. The Hall–Kier alpha value is -2.05. The maximum Gasteiger partial charge on any atom is 0.247 e. The second-order valence-electron chi connectivity index (χ2n) is 5.57. The number of halogens is 1. The molecule has 0 aliphatic carbocycles. The Balaban J connectivity index is 2.29. The van der Waals surface area contributed by atoms with Crippen molar-refractivity contribution in [1.82, 2.24) is 0 Å². The first-order valence-corrected chi connectivity index (χ1v) is 9.53. The van der Waals surface area contributed by atoms with Crippen LogP contribution < -0.4 is 9.62 Å². The van der Waals surface area contributed by atoms with Gasteiger partial charge in [0.25, 0.3) is 0 Å². The third-order valence-corrected chi connectivity index (χ3v) is 4.95. The van der Waals surface area contributed by atoms with Gasteiger partial charge in [0, 0.05) is 10.7 Å². The summed E-state index contributed by atoms with van der Waals surface area (Å²) >= 11 is 5.82. The van der Waals surface area contributed by atoms with Crippen molar-refractivity contribution < 1.29 is 13.2 Å². The predicted octanol–water partition coefficient (Wildman–Crippen LogP) is 3.44. The summed E-state index contributed by atoms with van der Waals surface area (Å²) in [6, 6.07) is 12.7. The molecule has 128 valence electrons. The Morgan fingerprint density at radius 1 is 1.17 bits per heavy atom. The van der Waals surface area contributed by atoms with Crippen LogP contribution in [-0.2, 0) is 14.8 Å². The molecule has 1 amide bonds. The van der Waals surface area contributed by atoms with Gasteiger partial charge in [0.15, 0.2) is 0 Å². The van der Waals surface area contributed by atoms with Crippen LogP contribution in [0.15, 0.2) is 48.5 Å². The molecule has 0 aliphatic rings. The van der Waals surface area contributed by atoms with Crippen LogP contribution in [0.3, 0.4) is 0 Å². The van der Waals surface area contributed by atoms with Crippen LogP contribution in [0.25, 0.3) is 0 Å². The van der Waals surface area contributed by atoms with E-state index in [1.165, 1.54) is 0 Å². The highest BCUT2D eigenvalue weighted by atomic mass is 35.5. The minimum Gasteiger partial charge on any atom is -0.324 e. The van der Waals surface area contributed by atoms with E-state index >= 15 is 0 Å². The van der Waals surface area contributed by atoms with Crippen LogP contribution in [0.4, 0.5) is 11.4 Å². The van der Waals surface area contributed by atoms with E-state index < -0.39 is 22.0 Å². The standard InChI is InChI=1S/C17H19ClN2O3S/c1-12-5-4-6-16(11-12)20(24(3,22)23)13(2)17(21)19-15-9-7-14(18)8-10-15/h4-11,13H,1-3H3,(H,19,21). The normalized spacial score (nSPS) is 12.5. The second kappa shape index (κ2) is 7.23. The summed E-state index contributed by atoms with van der Waals surface area (Å²) in [6.45, 7) is 3.41. The molecule has 0 fully saturated rings. The number of hydrogen-bond acceptors (Lipinski definition) is 3. The van der Waals surface area contributed by atoms with Crippen molar-refractivity contribution in [2.45, 2.75) is 19.9 Å². The molecule has 0 bridgehead atoms. The maximum atomic E-state index is 12.5. The van der Waals surface area contributed by atoms with Crippen molar-refractivity contribution in [3.8, 4) is 0 Å². The molecule has 0 radical (unpaired) electrons. The van der Waals surface area contributed by atoms with E-state index in [2.05, 4.69) is 5.32 Å². The van der Waals surface area contributed by atoms with E-state index in [1.807, 2.05) is 13.0 Å². The Kier molecular flexibility index (Phi) is 5.51. The molecule has 7 heteroatoms. The van der Waals surface area contributed by atoms with Crippen LogP contribution in [0, 0.1) is 6.92 Å². The molecule has 0 saturated heterocycles. The van der Waals surface area contributed by atoms with E-state index in [1.54, 1.807) is 49.4 Å². The third-order valence-electron chi connectivity index (χ3n) is 3.46. The first-order valence-electron chi connectivity index (χ1n) is 7.31. The smallest absolute Gasteiger partial charge is 0.247 e. The molecule has 2 aromatic rings. The lowest BCUT2D eigenvalue weighted by molar-refractivity contribution is -0.116. The summed E-state index contributed by atoms with van der Waals surface area (Å²) in [5.74, 6) is -0.427. The maximum absolute atomic E-state index is 12.5. The topological polar surface area (TPSA) is 66.5 Å². The minimum atomic E-state index is -3.63. The zero-order valence-corrected chi connectivity index (χ0v) is 15.2. The summed E-state index contributed by atoms with van der Waals surface area (Å²) < 4.78 is 25.5. The molecular formula is C17H19ClN2O3S. The molecule has 2 aromatic carbocycles. The van der Waals surface area contributed by atoms with E-state index in [0.29, 0.717) is 16.4 Å². The van der Waals surface area contributed by atoms with Crippen LogP contribution in [0.1, 0.15) is 12.5 Å². The average Bonchev–Trinajstić information content (AvgIpc) is 2.48. The van der Waals surface area contributed by atoms with E-state index in [9.17, 15) is 13.2 Å². The predicted molar refractivity (Wildman–Crippen MR) is 98.0 cm³/mol. The van der Waals surface area contributed by atoms with Gasteiger partial charge in [-0.1, -0.05) is 23.7 Å². The zero-order valence-electron chi connectivity index (χ0n) is 13.7. The molecule has 0 spiro atoms. The van der Waals surface area contributed by atoms with Crippen LogP contribution in [0.5, 0.6) is 0 Å². The number of carbonyl (C=O) groups excluding carboxylic acids is 1. The fraction of sp³-hybridized carbons (Fsp3) is 0.235. The fourth-order valence-corrected chi connectivity index (χ4v) is 3.65. The summed E-state index contributed by atoms with van der Waals surface area (Å²) in [7, 11) is -3.63. The molecule has 0 aliphatic heterocycles. The van der Waals surface area contributed by atoms with Gasteiger partial charge < -0.3 is 5.32 Å². The molecule has 2 rings (SSSR count). The molecule has 0 saturated carbocycles. The van der Waals surface area contributed by atoms with Gasteiger partial charge in [0.2, 0.25) is 15.9 Å². The number of anilines is 2. The lowest BCUT2D eigenvalue weighted by Gasteiger charge is -2.28. The third kappa shape index (κ3) is 4.49. The summed E-state index contributed by atoms with van der Waals surface area (Å²) in [5, 5.41) is 3.26. The average molecular weight is 367 g/mol. The first-order chi connectivity index (χ1) is 11.2. The number of amides is 1. The number of nitrogens with one attached hydrogen (secondary N) is 1. The number of rotatable bonds is 5. The molecular weight excluding hydrogens is 348 g/mol. The van der Waals surface area contributed by atoms with Gasteiger partial charge in [-0.15, -0.1) is 0 Å². The van der Waals surface area contributed by atoms with Gasteiger partial charge in [-0.25, -0.2) is 8.42 Å². The van der Waals surface area contributed by atoms with Gasteiger partial charge in [0.1, 0.15) is 6.04 Å². The Morgan fingerprint density at radius 2 is 1.79 bits per heavy atom. The van der Waals surface area contributed by atoms with Gasteiger partial charge in [0.05, 0.1) is 11.9 Å². The summed E-state index contributed by atoms with van der Waals surface area (Å²) in [5.41, 5.74) is 1.91. The Morgan fingerprint density at radius 3 is 2.33 bits per heavy atom. The first kappa shape index (κ1) is 18.3. The van der Waals surface area contributed by atoms with Crippen molar-refractivity contribution in [3.63, 3.8) is 0 Å². The highest BCUT2D eigenvalue weighted by molar-refractivity contribution is 7.92. The molecule has 1 N–H and O–H groups in total. The number of benzene rings is 2. The molecule has 24 heavy (non-hydrogen) atoms. The summed E-state index contributed by atoms with van der Waals surface area (Å²) in [4.78, 5) is 12.5. The van der Waals surface area contributed by atoms with Crippen molar-refractivity contribution in [3.05, 3.63) is 59.1 Å². The minimum absolute atomic E-state index is 0.427. The second-order valence-corrected chi connectivity index (χ2v) is 7.87. The van der Waals surface area contributed by atoms with Gasteiger partial charge in [-0.3, -0.25) is 9.10 Å². The highest BCUT2D eigenvalue weighted by Gasteiger charge is 2.29. The van der Waals surface area contributed by atoms with E-state index in [-0.39, 0.29) is 0 Å². The number of aryl methyl sites for hydroxylation is 1. The largest absolute Gasteiger partial charge is 0.324 e. The van der Waals surface area contributed by atoms with Crippen LogP contribution in [-0.4, -0.2) is 26.6 Å². The Labute approximate surface area is 147 Å². The molecule has 0 aromatic heterocycles. The lowest BCUT2D eigenvalue weighted by Crippen LogP contribution is -2.45. The Bertz CT molecular complexity index is 835. The molecule has 1 atom stereocenters. The van der Waals surface area contributed by atoms with Crippen LogP contribution >= 0.6 is 11.6 Å². The van der Waals surface area contributed by atoms with Gasteiger partial charge in [-0.2, -0.15) is 0 Å². The molecule has 0 heterocycles. The number of sulfonamides is 1. The SMILES string of the molecule is Cc1cccc(N(C(C)C(=O)Nc2ccc(Cl)cc2)S(C)(=O)=O)c1. The van der Waals surface area contributed by atoms with Crippen molar-refractivity contribution in [1.29, 1.82) is 0 Å². The summed E-state index contributed by atoms with van der Waals surface area (Å²) in [6.07, 6.45) is 1.08. The van der Waals surface area contributed by atoms with Crippen molar-refractivity contribution in [2.75, 3.05) is 15.9 Å². The van der Waals surface area contributed by atoms with E-state index in [4.69, 9.17) is 11.6 Å². The monoisotopic (exact) mass is 366 g/mol. The van der Waals surface area contributed by atoms with Gasteiger partial charge >= 0.3 is 0 Å². The lowest BCUT2D eigenvalue weighted by atomic mass is 10.2. The molecule has 1 unspecified atom stereocenters. The van der Waals surface area contributed by atoms with Crippen molar-refractivity contribution in [2.24, 2.45) is 0 Å². The number of carbonyl (C=O) groups is 1. The molecule has 5 nitrogen and oxygen atoms in total.